The molecular formula is C34H31BrN4O3S2. The largest absolute Gasteiger partial charge is 0.322 e. The van der Waals surface area contributed by atoms with Gasteiger partial charge in [-0.25, -0.2) is 0 Å². The first-order chi connectivity index (χ1) is 21.0. The number of aromatic nitrogens is 1. The second-order valence-corrected chi connectivity index (χ2v) is 13.6. The Morgan fingerprint density at radius 1 is 1.02 bits per heavy atom. The van der Waals surface area contributed by atoms with Crippen molar-refractivity contribution in [3.05, 3.63) is 103 Å². The Labute approximate surface area is 274 Å². The average molecular weight is 688 g/mol. The zero-order valence-electron chi connectivity index (χ0n) is 24.8. The van der Waals surface area contributed by atoms with E-state index in [4.69, 9.17) is 12.2 Å². The van der Waals surface area contributed by atoms with E-state index in [1.165, 1.54) is 9.78 Å². The Morgan fingerprint density at radius 3 is 2.48 bits per heavy atom. The zero-order valence-corrected chi connectivity index (χ0v) is 28.1. The van der Waals surface area contributed by atoms with Crippen molar-refractivity contribution < 1.29 is 14.4 Å². The molecule has 0 saturated carbocycles. The number of anilines is 2. The number of carbonyl (C=O) groups is 3. The Balaban J connectivity index is 1.41. The predicted molar refractivity (Wildman–Crippen MR) is 184 cm³/mol. The summed E-state index contributed by atoms with van der Waals surface area (Å²) in [6.07, 6.45) is 5.57. The van der Waals surface area contributed by atoms with Gasteiger partial charge < -0.3 is 9.88 Å². The lowest BCUT2D eigenvalue weighted by Gasteiger charge is -2.30. The number of amides is 3. The molecule has 224 valence electrons. The Morgan fingerprint density at radius 2 is 1.75 bits per heavy atom. The highest BCUT2D eigenvalue weighted by molar-refractivity contribution is 9.10. The fourth-order valence-corrected chi connectivity index (χ4v) is 8.17. The minimum Gasteiger partial charge on any atom is -0.322 e. The minimum atomic E-state index is -0.541. The lowest BCUT2D eigenvalue weighted by Crippen LogP contribution is -2.54. The number of thiophene rings is 1. The SMILES string of the molecule is Cc1ccc(NC(=O)c2c(-n3c(C)cc(/C=C4/C(=O)NC(=S)N(c5ccc(Br)cc5C)C4=O)c3C)sc3c2CCCC3)cc1. The fourth-order valence-electron chi connectivity index (χ4n) is 5.92. The van der Waals surface area contributed by atoms with Crippen molar-refractivity contribution in [2.24, 2.45) is 0 Å². The molecule has 2 aromatic carbocycles. The summed E-state index contributed by atoms with van der Waals surface area (Å²) in [4.78, 5) is 43.3. The molecule has 10 heteroatoms. The van der Waals surface area contributed by atoms with Gasteiger partial charge >= 0.3 is 0 Å². The van der Waals surface area contributed by atoms with E-state index in [0.717, 1.165) is 74.5 Å². The molecule has 44 heavy (non-hydrogen) atoms. The Hall–Kier alpha value is -3.86. The number of benzene rings is 2. The number of rotatable bonds is 5. The van der Waals surface area contributed by atoms with E-state index < -0.39 is 11.8 Å². The number of hydrogen-bond donors (Lipinski definition) is 2. The first kappa shape index (κ1) is 30.2. The average Bonchev–Trinajstić information content (AvgIpc) is 3.48. The first-order valence-electron chi connectivity index (χ1n) is 14.4. The van der Waals surface area contributed by atoms with Crippen LogP contribution in [0.1, 0.15) is 61.7 Å². The van der Waals surface area contributed by atoms with E-state index in [0.29, 0.717) is 11.3 Å². The van der Waals surface area contributed by atoms with Crippen LogP contribution in [-0.2, 0) is 22.4 Å². The van der Waals surface area contributed by atoms with Crippen molar-refractivity contribution >= 4 is 79.8 Å². The van der Waals surface area contributed by atoms with Gasteiger partial charge in [-0.15, -0.1) is 11.3 Å². The van der Waals surface area contributed by atoms with E-state index in [9.17, 15) is 14.4 Å². The maximum atomic E-state index is 13.9. The standard InChI is InChI=1S/C34H31BrN4O3S2/c1-18-9-12-24(13-10-18)36-31(41)29-25-7-5-6-8-28(25)44-33(29)38-20(3)16-22(21(38)4)17-26-30(40)37-34(43)39(32(26)42)27-14-11-23(35)15-19(27)2/h9-17H,5-8H2,1-4H3,(H,36,41)(H,37,40,43)/b26-17-. The second-order valence-electron chi connectivity index (χ2n) is 11.3. The summed E-state index contributed by atoms with van der Waals surface area (Å²) in [6, 6.07) is 15.3. The number of halogens is 1. The third-order valence-corrected chi connectivity index (χ3v) is 10.2. The van der Waals surface area contributed by atoms with Crippen molar-refractivity contribution in [1.29, 1.82) is 0 Å². The molecule has 1 aliphatic carbocycles. The van der Waals surface area contributed by atoms with Gasteiger partial charge in [0.25, 0.3) is 17.7 Å². The topological polar surface area (TPSA) is 83.4 Å². The maximum Gasteiger partial charge on any atom is 0.270 e. The highest BCUT2D eigenvalue weighted by Gasteiger charge is 2.36. The zero-order chi connectivity index (χ0) is 31.3. The number of fused-ring (bicyclic) bond motifs is 1. The van der Waals surface area contributed by atoms with Crippen LogP contribution < -0.4 is 15.5 Å². The van der Waals surface area contributed by atoms with Gasteiger partial charge in [-0.2, -0.15) is 0 Å². The molecule has 0 bridgehead atoms. The van der Waals surface area contributed by atoms with E-state index in [1.54, 1.807) is 23.5 Å². The molecule has 0 spiro atoms. The normalized spacial score (nSPS) is 15.9. The smallest absolute Gasteiger partial charge is 0.270 e. The van der Waals surface area contributed by atoms with E-state index >= 15 is 0 Å². The van der Waals surface area contributed by atoms with Crippen LogP contribution in [-0.4, -0.2) is 27.4 Å². The van der Waals surface area contributed by atoms with E-state index in [1.807, 2.05) is 70.2 Å². The van der Waals surface area contributed by atoms with Crippen molar-refractivity contribution in [3.63, 3.8) is 0 Å². The number of nitrogens with zero attached hydrogens (tertiary/aromatic N) is 2. The summed E-state index contributed by atoms with van der Waals surface area (Å²) in [6.45, 7) is 7.83. The van der Waals surface area contributed by atoms with E-state index in [-0.39, 0.29) is 16.6 Å². The highest BCUT2D eigenvalue weighted by Crippen LogP contribution is 2.39. The van der Waals surface area contributed by atoms with Crippen molar-refractivity contribution in [3.8, 4) is 5.00 Å². The van der Waals surface area contributed by atoms with Crippen LogP contribution >= 0.6 is 39.5 Å². The third kappa shape index (κ3) is 5.46. The number of aryl methyl sites for hydroxylation is 4. The molecule has 6 rings (SSSR count). The van der Waals surface area contributed by atoms with Gasteiger partial charge in [-0.1, -0.05) is 33.6 Å². The van der Waals surface area contributed by atoms with Gasteiger partial charge in [0, 0.05) is 26.4 Å². The lowest BCUT2D eigenvalue weighted by molar-refractivity contribution is -0.122. The summed E-state index contributed by atoms with van der Waals surface area (Å²) in [5, 5.41) is 6.70. The van der Waals surface area contributed by atoms with Crippen LogP contribution in [0.15, 0.2) is 58.6 Å². The van der Waals surface area contributed by atoms with Gasteiger partial charge in [0.05, 0.1) is 11.3 Å². The molecular weight excluding hydrogens is 656 g/mol. The summed E-state index contributed by atoms with van der Waals surface area (Å²) in [5.74, 6) is -1.16. The molecule has 1 fully saturated rings. The molecule has 0 atom stereocenters. The maximum absolute atomic E-state index is 13.9. The molecule has 0 radical (unpaired) electrons. The molecule has 2 aromatic heterocycles. The molecule has 0 unspecified atom stereocenters. The van der Waals surface area contributed by atoms with Gasteiger partial charge in [0.1, 0.15) is 10.6 Å². The molecule has 3 amide bonds. The molecule has 2 aliphatic rings. The van der Waals surface area contributed by atoms with Gasteiger partial charge in [0.15, 0.2) is 5.11 Å². The van der Waals surface area contributed by atoms with Crippen molar-refractivity contribution in [2.75, 3.05) is 10.2 Å². The summed E-state index contributed by atoms with van der Waals surface area (Å²) < 4.78 is 2.95. The van der Waals surface area contributed by atoms with Crippen LogP contribution in [0.25, 0.3) is 11.1 Å². The molecule has 3 heterocycles. The number of nitrogens with one attached hydrogen (secondary N) is 2. The highest BCUT2D eigenvalue weighted by atomic mass is 79.9. The van der Waals surface area contributed by atoms with Crippen LogP contribution in [0.5, 0.6) is 0 Å². The van der Waals surface area contributed by atoms with Crippen LogP contribution in [0, 0.1) is 27.7 Å². The number of thiocarbonyl (C=S) groups is 1. The number of hydrogen-bond acceptors (Lipinski definition) is 5. The monoisotopic (exact) mass is 686 g/mol. The van der Waals surface area contributed by atoms with Crippen LogP contribution in [0.4, 0.5) is 11.4 Å². The molecule has 1 aliphatic heterocycles. The number of carbonyl (C=O) groups excluding carboxylic acids is 3. The van der Waals surface area contributed by atoms with Crippen molar-refractivity contribution in [1.82, 2.24) is 9.88 Å². The third-order valence-electron chi connectivity index (χ3n) is 8.16. The lowest BCUT2D eigenvalue weighted by atomic mass is 9.95. The van der Waals surface area contributed by atoms with Crippen molar-refractivity contribution in [2.45, 2.75) is 53.4 Å². The molecule has 7 nitrogen and oxygen atoms in total. The fraction of sp³-hybridized carbons (Fsp3) is 0.235. The summed E-state index contributed by atoms with van der Waals surface area (Å²) in [7, 11) is 0. The minimum absolute atomic E-state index is 0.0102. The van der Waals surface area contributed by atoms with Gasteiger partial charge in [-0.05, 0) is 125 Å². The van der Waals surface area contributed by atoms with Gasteiger partial charge in [-0.3, -0.25) is 24.6 Å². The molecule has 4 aromatic rings. The summed E-state index contributed by atoms with van der Waals surface area (Å²) >= 11 is 10.5. The molecule has 2 N–H and O–H groups in total. The molecule has 1 saturated heterocycles. The Bertz CT molecular complexity index is 1900. The van der Waals surface area contributed by atoms with Crippen LogP contribution in [0.3, 0.4) is 0 Å². The van der Waals surface area contributed by atoms with Gasteiger partial charge in [0.2, 0.25) is 0 Å². The quantitative estimate of drug-likeness (QED) is 0.129. The second kappa shape index (κ2) is 11.9. The van der Waals surface area contributed by atoms with Crippen LogP contribution in [0.2, 0.25) is 0 Å². The Kier molecular flexibility index (Phi) is 8.17. The van der Waals surface area contributed by atoms with E-state index in [2.05, 4.69) is 31.1 Å². The predicted octanol–water partition coefficient (Wildman–Crippen LogP) is 7.50. The first-order valence-corrected chi connectivity index (χ1v) is 16.4. The summed E-state index contributed by atoms with van der Waals surface area (Å²) in [5.41, 5.74) is 7.56.